The Morgan fingerprint density at radius 2 is 2.12 bits per heavy atom. The van der Waals surface area contributed by atoms with Gasteiger partial charge in [0, 0.05) is 19.0 Å². The van der Waals surface area contributed by atoms with Crippen molar-refractivity contribution < 1.29 is 14.7 Å². The fraction of sp³-hybridized carbons (Fsp3) is 0.667. The zero-order valence-electron chi connectivity index (χ0n) is 10.4. The van der Waals surface area contributed by atoms with E-state index in [1.807, 2.05) is 13.8 Å². The van der Waals surface area contributed by atoms with Gasteiger partial charge in [0.25, 0.3) is 0 Å². The second-order valence-corrected chi connectivity index (χ2v) is 3.99. The number of carbonyl (C=O) groups excluding carboxylic acids is 1. The summed E-state index contributed by atoms with van der Waals surface area (Å²) in [7, 11) is 0. The van der Waals surface area contributed by atoms with Gasteiger partial charge in [-0.2, -0.15) is 0 Å². The van der Waals surface area contributed by atoms with Gasteiger partial charge in [0.05, 0.1) is 13.1 Å². The fourth-order valence-corrected chi connectivity index (χ4v) is 1.41. The molecular formula is C12H20N2O3. The van der Waals surface area contributed by atoms with Crippen LogP contribution in [0.15, 0.2) is 0 Å². The van der Waals surface area contributed by atoms with Gasteiger partial charge in [0.1, 0.15) is 0 Å². The topological polar surface area (TPSA) is 69.6 Å². The summed E-state index contributed by atoms with van der Waals surface area (Å²) in [6.45, 7) is 4.81. The first kappa shape index (κ1) is 15.5. The first-order valence-electron chi connectivity index (χ1n) is 5.64. The highest BCUT2D eigenvalue weighted by molar-refractivity contribution is 5.78. The number of aliphatic carboxylic acids is 1. The summed E-state index contributed by atoms with van der Waals surface area (Å²) in [6.07, 6.45) is 5.61. The van der Waals surface area contributed by atoms with E-state index >= 15 is 0 Å². The van der Waals surface area contributed by atoms with Crippen LogP contribution < -0.4 is 5.32 Å². The molecule has 1 amide bonds. The SMILES string of the molecule is C#CCNCC(=O)N(CCCC(=O)O)C(C)C. The van der Waals surface area contributed by atoms with Crippen molar-refractivity contribution in [2.45, 2.75) is 32.7 Å². The first-order chi connectivity index (χ1) is 7.99. The van der Waals surface area contributed by atoms with E-state index in [0.29, 0.717) is 19.5 Å². The number of terminal acetylenes is 1. The number of amides is 1. The third-order valence-electron chi connectivity index (χ3n) is 2.24. The third kappa shape index (κ3) is 7.36. The molecule has 0 saturated carbocycles. The van der Waals surface area contributed by atoms with Crippen LogP contribution in [0, 0.1) is 12.3 Å². The number of nitrogens with one attached hydrogen (secondary N) is 1. The van der Waals surface area contributed by atoms with Crippen LogP contribution in [-0.2, 0) is 9.59 Å². The lowest BCUT2D eigenvalue weighted by Gasteiger charge is -2.26. The van der Waals surface area contributed by atoms with Crippen molar-refractivity contribution in [3.05, 3.63) is 0 Å². The maximum absolute atomic E-state index is 11.8. The van der Waals surface area contributed by atoms with Crippen LogP contribution in [0.4, 0.5) is 0 Å². The summed E-state index contributed by atoms with van der Waals surface area (Å²) in [5.74, 6) is 1.49. The molecule has 0 bridgehead atoms. The maximum Gasteiger partial charge on any atom is 0.303 e. The van der Waals surface area contributed by atoms with Crippen LogP contribution in [0.5, 0.6) is 0 Å². The molecular weight excluding hydrogens is 220 g/mol. The molecule has 0 fully saturated rings. The van der Waals surface area contributed by atoms with Crippen molar-refractivity contribution in [1.82, 2.24) is 10.2 Å². The number of carboxylic acid groups (broad SMARTS) is 1. The van der Waals surface area contributed by atoms with Crippen molar-refractivity contribution in [2.24, 2.45) is 0 Å². The molecule has 0 unspecified atom stereocenters. The number of nitrogens with zero attached hydrogens (tertiary/aromatic N) is 1. The number of carbonyl (C=O) groups is 2. The molecule has 17 heavy (non-hydrogen) atoms. The summed E-state index contributed by atoms with van der Waals surface area (Å²) in [5, 5.41) is 11.4. The molecule has 0 aliphatic carbocycles. The lowest BCUT2D eigenvalue weighted by molar-refractivity contribution is -0.138. The van der Waals surface area contributed by atoms with Gasteiger partial charge < -0.3 is 10.0 Å². The molecule has 96 valence electrons. The minimum absolute atomic E-state index is 0.0550. The second-order valence-electron chi connectivity index (χ2n) is 3.99. The Morgan fingerprint density at radius 1 is 1.47 bits per heavy atom. The molecule has 0 radical (unpaired) electrons. The van der Waals surface area contributed by atoms with E-state index in [1.165, 1.54) is 0 Å². The minimum atomic E-state index is -0.841. The quantitative estimate of drug-likeness (QED) is 0.473. The standard InChI is InChI=1S/C12H20N2O3/c1-4-7-13-9-11(15)14(10(2)3)8-5-6-12(16)17/h1,10,13H,5-9H2,2-3H3,(H,16,17). The van der Waals surface area contributed by atoms with E-state index < -0.39 is 5.97 Å². The lowest BCUT2D eigenvalue weighted by atomic mass is 10.2. The predicted octanol–water partition coefficient (Wildman–Crippen LogP) is 0.311. The van der Waals surface area contributed by atoms with Crippen LogP contribution in [0.25, 0.3) is 0 Å². The van der Waals surface area contributed by atoms with Crippen molar-refractivity contribution >= 4 is 11.9 Å². The van der Waals surface area contributed by atoms with Gasteiger partial charge in [-0.1, -0.05) is 5.92 Å². The molecule has 2 N–H and O–H groups in total. The number of carboxylic acids is 1. The van der Waals surface area contributed by atoms with Crippen molar-refractivity contribution in [3.8, 4) is 12.3 Å². The van der Waals surface area contributed by atoms with Gasteiger partial charge in [0.15, 0.2) is 0 Å². The molecule has 0 aliphatic rings. The van der Waals surface area contributed by atoms with Gasteiger partial charge in [-0.15, -0.1) is 6.42 Å². The first-order valence-corrected chi connectivity index (χ1v) is 5.64. The highest BCUT2D eigenvalue weighted by Crippen LogP contribution is 2.02. The molecule has 5 heteroatoms. The predicted molar refractivity (Wildman–Crippen MR) is 65.4 cm³/mol. The summed E-state index contributed by atoms with van der Waals surface area (Å²) in [4.78, 5) is 23.8. The van der Waals surface area contributed by atoms with Crippen LogP contribution in [0.1, 0.15) is 26.7 Å². The van der Waals surface area contributed by atoms with E-state index in [1.54, 1.807) is 4.90 Å². The van der Waals surface area contributed by atoms with E-state index in [2.05, 4.69) is 11.2 Å². The zero-order valence-corrected chi connectivity index (χ0v) is 10.4. The average molecular weight is 240 g/mol. The molecule has 0 aromatic heterocycles. The van der Waals surface area contributed by atoms with Crippen molar-refractivity contribution in [2.75, 3.05) is 19.6 Å². The van der Waals surface area contributed by atoms with Crippen LogP contribution in [0.3, 0.4) is 0 Å². The molecule has 0 spiro atoms. The normalized spacial score (nSPS) is 10.0. The Kier molecular flexibility index (Phi) is 7.82. The molecule has 0 rings (SSSR count). The van der Waals surface area contributed by atoms with Crippen molar-refractivity contribution in [3.63, 3.8) is 0 Å². The van der Waals surface area contributed by atoms with E-state index in [9.17, 15) is 9.59 Å². The molecule has 0 atom stereocenters. The Balaban J connectivity index is 4.08. The van der Waals surface area contributed by atoms with Gasteiger partial charge in [0.2, 0.25) is 5.91 Å². The summed E-state index contributed by atoms with van der Waals surface area (Å²) < 4.78 is 0. The smallest absolute Gasteiger partial charge is 0.303 e. The fourth-order valence-electron chi connectivity index (χ4n) is 1.41. The Morgan fingerprint density at radius 3 is 2.59 bits per heavy atom. The molecule has 0 aromatic carbocycles. The number of hydrogen-bond acceptors (Lipinski definition) is 3. The van der Waals surface area contributed by atoms with Gasteiger partial charge in [-0.3, -0.25) is 14.9 Å². The monoisotopic (exact) mass is 240 g/mol. The van der Waals surface area contributed by atoms with E-state index in [-0.39, 0.29) is 24.9 Å². The molecule has 0 saturated heterocycles. The van der Waals surface area contributed by atoms with Crippen LogP contribution >= 0.6 is 0 Å². The van der Waals surface area contributed by atoms with E-state index in [4.69, 9.17) is 11.5 Å². The Hall–Kier alpha value is -1.54. The summed E-state index contributed by atoms with van der Waals surface area (Å²) >= 11 is 0. The van der Waals surface area contributed by atoms with Crippen molar-refractivity contribution in [1.29, 1.82) is 0 Å². The number of rotatable bonds is 8. The highest BCUT2D eigenvalue weighted by atomic mass is 16.4. The number of hydrogen-bond donors (Lipinski definition) is 2. The Bertz CT molecular complexity index is 295. The molecule has 5 nitrogen and oxygen atoms in total. The molecule has 0 aliphatic heterocycles. The average Bonchev–Trinajstić information content (AvgIpc) is 2.23. The largest absolute Gasteiger partial charge is 0.481 e. The summed E-state index contributed by atoms with van der Waals surface area (Å²) in [5.41, 5.74) is 0. The second kappa shape index (κ2) is 8.59. The van der Waals surface area contributed by atoms with Crippen LogP contribution in [0.2, 0.25) is 0 Å². The van der Waals surface area contributed by atoms with Crippen LogP contribution in [-0.4, -0.2) is 47.6 Å². The van der Waals surface area contributed by atoms with Gasteiger partial charge >= 0.3 is 5.97 Å². The highest BCUT2D eigenvalue weighted by Gasteiger charge is 2.16. The summed E-state index contributed by atoms with van der Waals surface area (Å²) in [6, 6.07) is 0.0592. The van der Waals surface area contributed by atoms with Gasteiger partial charge in [-0.25, -0.2) is 0 Å². The third-order valence-corrected chi connectivity index (χ3v) is 2.24. The maximum atomic E-state index is 11.8. The van der Waals surface area contributed by atoms with Gasteiger partial charge in [-0.05, 0) is 20.3 Å². The van der Waals surface area contributed by atoms with E-state index in [0.717, 1.165) is 0 Å². The molecule has 0 aromatic rings. The molecule has 0 heterocycles. The Labute approximate surface area is 102 Å². The lowest BCUT2D eigenvalue weighted by Crippen LogP contribution is -2.43. The minimum Gasteiger partial charge on any atom is -0.481 e. The zero-order chi connectivity index (χ0) is 13.3.